The zero-order chi connectivity index (χ0) is 21.1. The molecule has 0 aromatic heterocycles. The average molecular weight is 427 g/mol. The molecule has 0 aliphatic carbocycles. The number of nitrogens with one attached hydrogen (secondary N) is 1. The third-order valence-electron chi connectivity index (χ3n) is 5.64. The van der Waals surface area contributed by atoms with E-state index in [0.29, 0.717) is 38.1 Å². The first-order valence-electron chi connectivity index (χ1n) is 10.1. The fourth-order valence-corrected chi connectivity index (χ4v) is 4.88. The number of para-hydroxylation sites is 1. The van der Waals surface area contributed by atoms with Gasteiger partial charge >= 0.3 is 0 Å². The van der Waals surface area contributed by atoms with E-state index in [1.54, 1.807) is 0 Å². The maximum atomic E-state index is 12.9. The number of sulfonamides is 1. The molecule has 7 nitrogen and oxygen atoms in total. The zero-order valence-corrected chi connectivity index (χ0v) is 17.8. The van der Waals surface area contributed by atoms with Crippen LogP contribution in [0.1, 0.15) is 30.9 Å². The van der Waals surface area contributed by atoms with Gasteiger partial charge in [0.25, 0.3) is 5.91 Å². The number of anilines is 1. The smallest absolute Gasteiger partial charge is 0.267 e. The van der Waals surface area contributed by atoms with Gasteiger partial charge in [0, 0.05) is 25.6 Å². The Bertz CT molecular complexity index is 1020. The summed E-state index contributed by atoms with van der Waals surface area (Å²) in [5, 5.41) is 9.64. The minimum atomic E-state index is -3.18. The van der Waals surface area contributed by atoms with Gasteiger partial charge in [-0.2, -0.15) is 5.10 Å². The summed E-state index contributed by atoms with van der Waals surface area (Å²) < 4.78 is 24.8. The van der Waals surface area contributed by atoms with E-state index in [2.05, 4.69) is 22.6 Å². The molecule has 0 bridgehead atoms. The SMILES string of the molecule is CS(=O)(=O)N1CCC(NC(=O)C2=NN(c3ccccc3)[C@@H](c3ccccc3)C2)CC1. The molecular formula is C22H26N4O3S. The van der Waals surface area contributed by atoms with Gasteiger partial charge in [-0.1, -0.05) is 48.5 Å². The molecule has 8 heteroatoms. The van der Waals surface area contributed by atoms with Crippen LogP contribution in [-0.4, -0.2) is 49.7 Å². The molecule has 1 atom stereocenters. The topological polar surface area (TPSA) is 82.1 Å². The van der Waals surface area contributed by atoms with Crippen LogP contribution in [0.5, 0.6) is 0 Å². The van der Waals surface area contributed by atoms with Crippen molar-refractivity contribution in [2.24, 2.45) is 5.10 Å². The van der Waals surface area contributed by atoms with Crippen LogP contribution >= 0.6 is 0 Å². The molecule has 0 spiro atoms. The van der Waals surface area contributed by atoms with Gasteiger partial charge in [0.05, 0.1) is 18.0 Å². The highest BCUT2D eigenvalue weighted by atomic mass is 32.2. The summed E-state index contributed by atoms with van der Waals surface area (Å²) in [5.41, 5.74) is 2.54. The number of rotatable bonds is 5. The number of hydrogen-bond donors (Lipinski definition) is 1. The van der Waals surface area contributed by atoms with Crippen LogP contribution in [0, 0.1) is 0 Å². The molecule has 0 radical (unpaired) electrons. The number of carbonyl (C=O) groups is 1. The van der Waals surface area contributed by atoms with Crippen LogP contribution in [0.25, 0.3) is 0 Å². The van der Waals surface area contributed by atoms with Crippen molar-refractivity contribution in [2.75, 3.05) is 24.4 Å². The van der Waals surface area contributed by atoms with Crippen molar-refractivity contribution < 1.29 is 13.2 Å². The first kappa shape index (κ1) is 20.6. The van der Waals surface area contributed by atoms with Crippen LogP contribution in [0.15, 0.2) is 65.8 Å². The Labute approximate surface area is 177 Å². The average Bonchev–Trinajstić information content (AvgIpc) is 3.20. The lowest BCUT2D eigenvalue weighted by atomic mass is 10.0. The minimum Gasteiger partial charge on any atom is -0.348 e. The first-order valence-corrected chi connectivity index (χ1v) is 12.0. The Hall–Kier alpha value is -2.71. The molecule has 0 unspecified atom stereocenters. The number of nitrogens with zero attached hydrogens (tertiary/aromatic N) is 3. The number of amides is 1. The van der Waals surface area contributed by atoms with E-state index in [9.17, 15) is 13.2 Å². The van der Waals surface area contributed by atoms with Gasteiger partial charge in [0.2, 0.25) is 10.0 Å². The summed E-state index contributed by atoms with van der Waals surface area (Å²) in [6.45, 7) is 0.859. The molecule has 4 rings (SSSR count). The van der Waals surface area contributed by atoms with Crippen LogP contribution in [0.2, 0.25) is 0 Å². The summed E-state index contributed by atoms with van der Waals surface area (Å²) in [5.74, 6) is -0.174. The van der Waals surface area contributed by atoms with E-state index in [-0.39, 0.29) is 18.0 Å². The zero-order valence-electron chi connectivity index (χ0n) is 16.9. The van der Waals surface area contributed by atoms with Gasteiger partial charge in [-0.25, -0.2) is 12.7 Å². The van der Waals surface area contributed by atoms with Crippen molar-refractivity contribution in [3.63, 3.8) is 0 Å². The first-order chi connectivity index (χ1) is 14.4. The molecule has 2 aliphatic heterocycles. The van der Waals surface area contributed by atoms with Crippen molar-refractivity contribution in [1.29, 1.82) is 0 Å². The molecule has 2 aliphatic rings. The van der Waals surface area contributed by atoms with E-state index in [0.717, 1.165) is 11.3 Å². The van der Waals surface area contributed by atoms with Gasteiger partial charge in [-0.05, 0) is 30.5 Å². The molecule has 1 fully saturated rings. The van der Waals surface area contributed by atoms with E-state index < -0.39 is 10.0 Å². The maximum absolute atomic E-state index is 12.9. The highest BCUT2D eigenvalue weighted by molar-refractivity contribution is 7.88. The largest absolute Gasteiger partial charge is 0.348 e. The van der Waals surface area contributed by atoms with Crippen molar-refractivity contribution in [3.8, 4) is 0 Å². The fraction of sp³-hybridized carbons (Fsp3) is 0.364. The quantitative estimate of drug-likeness (QED) is 0.797. The molecule has 2 aromatic rings. The van der Waals surface area contributed by atoms with E-state index >= 15 is 0 Å². The van der Waals surface area contributed by atoms with Crippen LogP contribution in [0.3, 0.4) is 0 Å². The monoisotopic (exact) mass is 426 g/mol. The normalized spacial score (nSPS) is 20.8. The summed E-state index contributed by atoms with van der Waals surface area (Å²) in [6, 6.07) is 19.8. The summed E-state index contributed by atoms with van der Waals surface area (Å²) in [6.07, 6.45) is 2.96. The fourth-order valence-electron chi connectivity index (χ4n) is 4.00. The molecular weight excluding hydrogens is 400 g/mol. The van der Waals surface area contributed by atoms with Gasteiger partial charge < -0.3 is 5.32 Å². The maximum Gasteiger partial charge on any atom is 0.267 e. The molecule has 30 heavy (non-hydrogen) atoms. The predicted molar refractivity (Wildman–Crippen MR) is 118 cm³/mol. The number of piperidine rings is 1. The summed E-state index contributed by atoms with van der Waals surface area (Å²) in [7, 11) is -3.18. The second-order valence-electron chi connectivity index (χ2n) is 7.77. The Morgan fingerprint density at radius 2 is 1.60 bits per heavy atom. The molecule has 2 aromatic carbocycles. The minimum absolute atomic E-state index is 0.0403. The predicted octanol–water partition coefficient (Wildman–Crippen LogP) is 2.53. The Balaban J connectivity index is 1.48. The Morgan fingerprint density at radius 1 is 1.00 bits per heavy atom. The third kappa shape index (κ3) is 4.55. The Kier molecular flexibility index (Phi) is 5.87. The van der Waals surface area contributed by atoms with Gasteiger partial charge in [0.1, 0.15) is 5.71 Å². The number of carbonyl (C=O) groups excluding carboxylic acids is 1. The standard InChI is InChI=1S/C22H26N4O3S/c1-30(28,29)25-14-12-18(13-15-25)23-22(27)20-16-21(17-8-4-2-5-9-17)26(24-20)19-10-6-3-7-11-19/h2-11,18,21H,12-16H2,1H3,(H,23,27)/t21-/m1/s1. The molecule has 158 valence electrons. The van der Waals surface area contributed by atoms with Crippen LogP contribution in [-0.2, 0) is 14.8 Å². The Morgan fingerprint density at radius 3 is 2.20 bits per heavy atom. The lowest BCUT2D eigenvalue weighted by Gasteiger charge is -2.30. The number of hydrogen-bond acceptors (Lipinski definition) is 5. The highest BCUT2D eigenvalue weighted by Crippen LogP contribution is 2.35. The summed E-state index contributed by atoms with van der Waals surface area (Å²) >= 11 is 0. The molecule has 1 N–H and O–H groups in total. The van der Waals surface area contributed by atoms with Crippen molar-refractivity contribution in [3.05, 3.63) is 66.2 Å². The molecule has 1 saturated heterocycles. The van der Waals surface area contributed by atoms with Crippen molar-refractivity contribution in [2.45, 2.75) is 31.3 Å². The van der Waals surface area contributed by atoms with Gasteiger partial charge in [0.15, 0.2) is 0 Å². The highest BCUT2D eigenvalue weighted by Gasteiger charge is 2.34. The van der Waals surface area contributed by atoms with E-state index in [1.165, 1.54) is 10.6 Å². The summed E-state index contributed by atoms with van der Waals surface area (Å²) in [4.78, 5) is 12.9. The number of benzene rings is 2. The number of hydrazone groups is 1. The van der Waals surface area contributed by atoms with E-state index in [4.69, 9.17) is 0 Å². The lowest BCUT2D eigenvalue weighted by Crippen LogP contribution is -2.47. The van der Waals surface area contributed by atoms with Gasteiger partial charge in [-0.3, -0.25) is 9.80 Å². The van der Waals surface area contributed by atoms with Crippen molar-refractivity contribution >= 4 is 27.3 Å². The van der Waals surface area contributed by atoms with Crippen LogP contribution in [0.4, 0.5) is 5.69 Å². The third-order valence-corrected chi connectivity index (χ3v) is 6.94. The molecule has 0 saturated carbocycles. The second kappa shape index (κ2) is 8.57. The van der Waals surface area contributed by atoms with E-state index in [1.807, 2.05) is 53.5 Å². The second-order valence-corrected chi connectivity index (χ2v) is 9.75. The lowest BCUT2D eigenvalue weighted by molar-refractivity contribution is -0.115. The molecule has 2 heterocycles. The molecule has 1 amide bonds. The van der Waals surface area contributed by atoms with Gasteiger partial charge in [-0.15, -0.1) is 0 Å². The van der Waals surface area contributed by atoms with Crippen LogP contribution < -0.4 is 10.3 Å². The van der Waals surface area contributed by atoms with Crippen molar-refractivity contribution in [1.82, 2.24) is 9.62 Å².